The molecule has 2 aromatic carbocycles. The molecule has 19 heavy (non-hydrogen) atoms. The van der Waals surface area contributed by atoms with Crippen LogP contribution in [0.1, 0.15) is 24.5 Å². The maximum Gasteiger partial charge on any atom is 0.0208 e. The second-order valence-electron chi connectivity index (χ2n) is 4.36. The van der Waals surface area contributed by atoms with Crippen LogP contribution in [0, 0.1) is 0 Å². The van der Waals surface area contributed by atoms with Gasteiger partial charge in [0.15, 0.2) is 0 Å². The van der Waals surface area contributed by atoms with Crippen molar-refractivity contribution >= 4 is 0 Å². The molecule has 0 saturated carbocycles. The van der Waals surface area contributed by atoms with Gasteiger partial charge in [0.05, 0.1) is 0 Å². The highest BCUT2D eigenvalue weighted by molar-refractivity contribution is 5.16. The first-order chi connectivity index (χ1) is 9.36. The standard InChI is InChI=1S/C14H15N.C3H9N/c1-3-7-13(8-4-1)11-15-12-14-9-5-2-6-10-14;1-2-3-4/h1-10,15H,11-12H2;2-4H2,1H3. The molecule has 0 atom stereocenters. The molecule has 0 spiro atoms. The highest BCUT2D eigenvalue weighted by Crippen LogP contribution is 2.00. The second kappa shape index (κ2) is 10.3. The van der Waals surface area contributed by atoms with Crippen LogP contribution in [0.3, 0.4) is 0 Å². The van der Waals surface area contributed by atoms with Crippen molar-refractivity contribution in [3.05, 3.63) is 71.8 Å². The Hall–Kier alpha value is -1.64. The number of rotatable bonds is 5. The Morgan fingerprint density at radius 1 is 0.789 bits per heavy atom. The van der Waals surface area contributed by atoms with E-state index >= 15 is 0 Å². The minimum absolute atomic E-state index is 0.819. The van der Waals surface area contributed by atoms with E-state index in [9.17, 15) is 0 Å². The summed E-state index contributed by atoms with van der Waals surface area (Å²) in [5.41, 5.74) is 7.68. The van der Waals surface area contributed by atoms with Crippen LogP contribution >= 0.6 is 0 Å². The Bertz CT molecular complexity index is 370. The SMILES string of the molecule is CCCN.c1ccc(CNCc2ccccc2)cc1. The van der Waals surface area contributed by atoms with Gasteiger partial charge in [0.2, 0.25) is 0 Å². The first-order valence-electron chi connectivity index (χ1n) is 6.85. The number of nitrogens with two attached hydrogens (primary N) is 1. The first kappa shape index (κ1) is 15.4. The fraction of sp³-hybridized carbons (Fsp3) is 0.294. The zero-order valence-electron chi connectivity index (χ0n) is 11.7. The Kier molecular flexibility index (Phi) is 8.36. The predicted molar refractivity (Wildman–Crippen MR) is 82.8 cm³/mol. The third-order valence-corrected chi connectivity index (χ3v) is 2.63. The van der Waals surface area contributed by atoms with Gasteiger partial charge in [-0.3, -0.25) is 0 Å². The van der Waals surface area contributed by atoms with Gasteiger partial charge < -0.3 is 11.1 Å². The molecule has 2 heteroatoms. The molecule has 0 amide bonds. The Morgan fingerprint density at radius 3 is 1.47 bits per heavy atom. The number of benzene rings is 2. The summed E-state index contributed by atoms with van der Waals surface area (Å²) >= 11 is 0. The summed E-state index contributed by atoms with van der Waals surface area (Å²) in [7, 11) is 0. The van der Waals surface area contributed by atoms with E-state index in [-0.39, 0.29) is 0 Å². The molecule has 0 unspecified atom stereocenters. The summed E-state index contributed by atoms with van der Waals surface area (Å²) in [5.74, 6) is 0. The first-order valence-corrected chi connectivity index (χ1v) is 6.85. The lowest BCUT2D eigenvalue weighted by Crippen LogP contribution is -2.12. The van der Waals surface area contributed by atoms with Crippen molar-refractivity contribution in [3.63, 3.8) is 0 Å². The van der Waals surface area contributed by atoms with Crippen LogP contribution in [0.25, 0.3) is 0 Å². The molecule has 0 heterocycles. The lowest BCUT2D eigenvalue weighted by molar-refractivity contribution is 0.693. The van der Waals surface area contributed by atoms with Crippen molar-refractivity contribution in [2.24, 2.45) is 5.73 Å². The van der Waals surface area contributed by atoms with Crippen LogP contribution in [-0.4, -0.2) is 6.54 Å². The van der Waals surface area contributed by atoms with Crippen molar-refractivity contribution in [1.82, 2.24) is 5.32 Å². The minimum Gasteiger partial charge on any atom is -0.330 e. The molecule has 0 aromatic heterocycles. The van der Waals surface area contributed by atoms with E-state index in [1.807, 2.05) is 12.1 Å². The molecule has 0 aliphatic rings. The maximum absolute atomic E-state index is 5.03. The van der Waals surface area contributed by atoms with Crippen LogP contribution in [0.4, 0.5) is 0 Å². The van der Waals surface area contributed by atoms with E-state index in [0.29, 0.717) is 0 Å². The normalized spacial score (nSPS) is 9.58. The van der Waals surface area contributed by atoms with Gasteiger partial charge in [-0.25, -0.2) is 0 Å². The van der Waals surface area contributed by atoms with Crippen LogP contribution in [0.2, 0.25) is 0 Å². The van der Waals surface area contributed by atoms with Crippen molar-refractivity contribution in [3.8, 4) is 0 Å². The number of hydrogen-bond acceptors (Lipinski definition) is 2. The number of nitrogens with one attached hydrogen (secondary N) is 1. The summed E-state index contributed by atoms with van der Waals surface area (Å²) < 4.78 is 0. The average molecular weight is 256 g/mol. The van der Waals surface area contributed by atoms with E-state index in [4.69, 9.17) is 5.73 Å². The monoisotopic (exact) mass is 256 g/mol. The zero-order chi connectivity index (χ0) is 13.8. The average Bonchev–Trinajstić information content (AvgIpc) is 2.50. The van der Waals surface area contributed by atoms with E-state index in [0.717, 1.165) is 26.1 Å². The lowest BCUT2D eigenvalue weighted by Gasteiger charge is -2.04. The largest absolute Gasteiger partial charge is 0.330 e. The Balaban J connectivity index is 0.000000399. The van der Waals surface area contributed by atoms with Crippen LogP contribution < -0.4 is 11.1 Å². The molecular formula is C17H24N2. The molecule has 3 N–H and O–H groups in total. The van der Waals surface area contributed by atoms with Crippen molar-refractivity contribution in [2.45, 2.75) is 26.4 Å². The third-order valence-electron chi connectivity index (χ3n) is 2.63. The van der Waals surface area contributed by atoms with Crippen molar-refractivity contribution in [2.75, 3.05) is 6.54 Å². The zero-order valence-corrected chi connectivity index (χ0v) is 11.7. The third kappa shape index (κ3) is 7.39. The summed E-state index contributed by atoms with van der Waals surface area (Å²) in [6, 6.07) is 20.9. The van der Waals surface area contributed by atoms with Crippen LogP contribution in [0.15, 0.2) is 60.7 Å². The minimum atomic E-state index is 0.819. The van der Waals surface area contributed by atoms with Crippen LogP contribution in [-0.2, 0) is 13.1 Å². The van der Waals surface area contributed by atoms with Gasteiger partial charge in [-0.2, -0.15) is 0 Å². The summed E-state index contributed by atoms with van der Waals surface area (Å²) in [6.07, 6.45) is 1.10. The maximum atomic E-state index is 5.03. The van der Waals surface area contributed by atoms with E-state index in [2.05, 4.69) is 60.8 Å². The van der Waals surface area contributed by atoms with Gasteiger partial charge in [0, 0.05) is 13.1 Å². The predicted octanol–water partition coefficient (Wildman–Crippen LogP) is 3.33. The topological polar surface area (TPSA) is 38.0 Å². The van der Waals surface area contributed by atoms with E-state index in [1.54, 1.807) is 0 Å². The Morgan fingerprint density at radius 2 is 1.16 bits per heavy atom. The summed E-state index contributed by atoms with van der Waals surface area (Å²) in [4.78, 5) is 0. The number of hydrogen-bond donors (Lipinski definition) is 2. The molecular weight excluding hydrogens is 232 g/mol. The molecule has 2 aromatic rings. The molecule has 102 valence electrons. The lowest BCUT2D eigenvalue weighted by atomic mass is 10.2. The van der Waals surface area contributed by atoms with Crippen molar-refractivity contribution in [1.29, 1.82) is 0 Å². The molecule has 0 saturated heterocycles. The summed E-state index contributed by atoms with van der Waals surface area (Å²) in [5, 5.41) is 3.42. The van der Waals surface area contributed by atoms with Gasteiger partial charge in [0.25, 0.3) is 0 Å². The molecule has 2 rings (SSSR count). The molecule has 0 aliphatic carbocycles. The fourth-order valence-corrected chi connectivity index (χ4v) is 1.54. The summed E-state index contributed by atoms with van der Waals surface area (Å²) in [6.45, 7) is 4.73. The molecule has 2 nitrogen and oxygen atoms in total. The van der Waals surface area contributed by atoms with Gasteiger partial charge in [-0.05, 0) is 24.1 Å². The van der Waals surface area contributed by atoms with Gasteiger partial charge in [-0.15, -0.1) is 0 Å². The highest BCUT2D eigenvalue weighted by atomic mass is 14.8. The quantitative estimate of drug-likeness (QED) is 0.861. The van der Waals surface area contributed by atoms with E-state index in [1.165, 1.54) is 11.1 Å². The molecule has 0 bridgehead atoms. The van der Waals surface area contributed by atoms with Crippen LogP contribution in [0.5, 0.6) is 0 Å². The fourth-order valence-electron chi connectivity index (χ4n) is 1.54. The van der Waals surface area contributed by atoms with Gasteiger partial charge in [-0.1, -0.05) is 67.6 Å². The Labute approximate surface area is 116 Å². The van der Waals surface area contributed by atoms with E-state index < -0.39 is 0 Å². The second-order valence-corrected chi connectivity index (χ2v) is 4.36. The molecule has 0 fully saturated rings. The molecule has 0 aliphatic heterocycles. The molecule has 0 radical (unpaired) electrons. The van der Waals surface area contributed by atoms with Gasteiger partial charge in [0.1, 0.15) is 0 Å². The van der Waals surface area contributed by atoms with Crippen molar-refractivity contribution < 1.29 is 0 Å². The van der Waals surface area contributed by atoms with Gasteiger partial charge >= 0.3 is 0 Å². The smallest absolute Gasteiger partial charge is 0.0208 e. The highest BCUT2D eigenvalue weighted by Gasteiger charge is 1.92.